The second kappa shape index (κ2) is 14.3. The second-order valence-corrected chi connectivity index (χ2v) is 10.6. The first-order chi connectivity index (χ1) is 16.7. The predicted octanol–water partition coefficient (Wildman–Crippen LogP) is 4.23. The third kappa shape index (κ3) is 8.68. The lowest BCUT2D eigenvalue weighted by Gasteiger charge is -2.28. The van der Waals surface area contributed by atoms with Crippen LogP contribution in [0.4, 0.5) is 5.69 Å². The van der Waals surface area contributed by atoms with Crippen molar-refractivity contribution in [3.63, 3.8) is 0 Å². The van der Waals surface area contributed by atoms with Crippen molar-refractivity contribution in [1.29, 1.82) is 0 Å². The number of benzene rings is 2. The summed E-state index contributed by atoms with van der Waals surface area (Å²) >= 11 is 0. The number of aliphatic hydroxyl groups excluding tert-OH is 1. The Labute approximate surface area is 210 Å². The van der Waals surface area contributed by atoms with Crippen LogP contribution in [-0.2, 0) is 16.6 Å². The summed E-state index contributed by atoms with van der Waals surface area (Å²) in [5, 5.41) is 9.90. The molecule has 2 N–H and O–H groups in total. The van der Waals surface area contributed by atoms with Gasteiger partial charge in [-0.3, -0.25) is 0 Å². The molecule has 0 unspecified atom stereocenters. The maximum Gasteiger partial charge on any atom is 0.244 e. The summed E-state index contributed by atoms with van der Waals surface area (Å²) in [4.78, 5) is 4.19. The molecule has 2 aromatic rings. The van der Waals surface area contributed by atoms with Crippen LogP contribution in [0.3, 0.4) is 0 Å². The summed E-state index contributed by atoms with van der Waals surface area (Å²) in [5.41, 5.74) is 1.17. The Balaban J connectivity index is 2.58. The first-order valence-corrected chi connectivity index (χ1v) is 13.8. The van der Waals surface area contributed by atoms with Crippen LogP contribution in [0.2, 0.25) is 0 Å². The maximum atomic E-state index is 13.0. The minimum absolute atomic E-state index is 0.00141. The number of likely N-dealkylation sites (N-methyl/N-ethyl adjacent to an activating group) is 1. The van der Waals surface area contributed by atoms with E-state index >= 15 is 0 Å². The van der Waals surface area contributed by atoms with Crippen molar-refractivity contribution in [2.75, 3.05) is 52.3 Å². The van der Waals surface area contributed by atoms with Gasteiger partial charge in [0, 0.05) is 25.7 Å². The van der Waals surface area contributed by atoms with Crippen molar-refractivity contribution in [3.8, 4) is 17.2 Å². The molecular weight excluding hydrogens is 466 g/mol. The van der Waals surface area contributed by atoms with E-state index < -0.39 is 10.0 Å². The Morgan fingerprint density at radius 2 is 1.63 bits per heavy atom. The molecule has 2 aromatic carbocycles. The number of hydrogen-bond donors (Lipinski definition) is 2. The quantitative estimate of drug-likeness (QED) is 0.351. The summed E-state index contributed by atoms with van der Waals surface area (Å²) in [6.45, 7) is 6.78. The highest BCUT2D eigenvalue weighted by Gasteiger charge is 2.26. The molecule has 196 valence electrons. The van der Waals surface area contributed by atoms with Gasteiger partial charge < -0.3 is 24.4 Å². The number of anilines is 1. The minimum atomic E-state index is -3.86. The number of nitrogens with one attached hydrogen (secondary N) is 1. The van der Waals surface area contributed by atoms with Crippen LogP contribution in [-0.4, -0.2) is 65.8 Å². The van der Waals surface area contributed by atoms with E-state index in [4.69, 9.17) is 9.47 Å². The van der Waals surface area contributed by atoms with Gasteiger partial charge in [0.15, 0.2) is 5.75 Å². The zero-order chi connectivity index (χ0) is 25.8. The van der Waals surface area contributed by atoms with Gasteiger partial charge in [-0.2, -0.15) is 0 Å². The molecule has 0 spiro atoms. The number of ether oxygens (including phenoxy) is 2. The molecule has 0 saturated heterocycles. The lowest BCUT2D eigenvalue weighted by molar-refractivity contribution is 0.260. The first-order valence-electron chi connectivity index (χ1n) is 12.3. The fourth-order valence-corrected chi connectivity index (χ4v) is 4.44. The minimum Gasteiger partial charge on any atom is -0.492 e. The van der Waals surface area contributed by atoms with Gasteiger partial charge in [0.25, 0.3) is 0 Å². The van der Waals surface area contributed by atoms with Crippen molar-refractivity contribution in [1.82, 2.24) is 9.62 Å². The summed E-state index contributed by atoms with van der Waals surface area (Å²) in [7, 11) is 1.47. The summed E-state index contributed by atoms with van der Waals surface area (Å²) in [5.74, 6) is 1.36. The van der Waals surface area contributed by atoms with E-state index in [1.54, 1.807) is 12.1 Å². The molecule has 0 radical (unpaired) electrons. The lowest BCUT2D eigenvalue weighted by Crippen LogP contribution is -2.27. The topological polar surface area (TPSA) is 91.3 Å². The smallest absolute Gasteiger partial charge is 0.244 e. The van der Waals surface area contributed by atoms with Crippen molar-refractivity contribution < 1.29 is 23.0 Å². The Morgan fingerprint density at radius 1 is 0.971 bits per heavy atom. The highest BCUT2D eigenvalue weighted by atomic mass is 32.2. The van der Waals surface area contributed by atoms with Crippen molar-refractivity contribution in [3.05, 3.63) is 42.0 Å². The molecule has 0 atom stereocenters. The van der Waals surface area contributed by atoms with Crippen LogP contribution >= 0.6 is 0 Å². The van der Waals surface area contributed by atoms with E-state index in [-0.39, 0.29) is 17.3 Å². The number of hydrogen-bond acceptors (Lipinski definition) is 7. The summed E-state index contributed by atoms with van der Waals surface area (Å²) in [6, 6.07) is 10.5. The maximum absolute atomic E-state index is 13.0. The zero-order valence-electron chi connectivity index (χ0n) is 21.7. The summed E-state index contributed by atoms with van der Waals surface area (Å²) < 4.78 is 40.6. The van der Waals surface area contributed by atoms with E-state index in [2.05, 4.69) is 23.5 Å². The Morgan fingerprint density at radius 3 is 2.20 bits per heavy atom. The molecule has 0 fully saturated rings. The highest BCUT2D eigenvalue weighted by Crippen LogP contribution is 2.40. The highest BCUT2D eigenvalue weighted by molar-refractivity contribution is 7.89. The van der Waals surface area contributed by atoms with Crippen LogP contribution in [0.15, 0.2) is 41.3 Å². The Kier molecular flexibility index (Phi) is 11.8. The van der Waals surface area contributed by atoms with Crippen molar-refractivity contribution in [2.45, 2.75) is 51.0 Å². The molecule has 0 aliphatic heterocycles. The van der Waals surface area contributed by atoms with Crippen LogP contribution in [0.1, 0.15) is 45.1 Å². The van der Waals surface area contributed by atoms with Gasteiger partial charge >= 0.3 is 0 Å². The molecular formula is C26H41N3O5S. The molecule has 35 heavy (non-hydrogen) atoms. The van der Waals surface area contributed by atoms with Gasteiger partial charge in [0.2, 0.25) is 10.0 Å². The number of sulfonamides is 1. The second-order valence-electron chi connectivity index (χ2n) is 8.73. The van der Waals surface area contributed by atoms with Gasteiger partial charge in [0.05, 0.1) is 12.3 Å². The largest absolute Gasteiger partial charge is 0.492 e. The molecule has 8 nitrogen and oxygen atoms in total. The van der Waals surface area contributed by atoms with Gasteiger partial charge in [-0.15, -0.1) is 0 Å². The van der Waals surface area contributed by atoms with Crippen LogP contribution in [0, 0.1) is 0 Å². The molecule has 0 aliphatic rings. The standard InChI is InChI=1S/C26H41N3O5S/c1-6-8-13-29(14-9-7-2)24-17-21(20-30)18-25(35(31,32)27-3)26(24)34-23-12-10-11-22(19-23)33-16-15-28(4)5/h10-12,17-19,27,30H,6-9,13-16,20H2,1-5H3. The third-order valence-corrected chi connectivity index (χ3v) is 6.99. The van der Waals surface area contributed by atoms with Crippen molar-refractivity contribution >= 4 is 15.7 Å². The first kappa shape index (κ1) is 28.9. The molecule has 0 aliphatic carbocycles. The van der Waals surface area contributed by atoms with Crippen LogP contribution < -0.4 is 19.1 Å². The van der Waals surface area contributed by atoms with Gasteiger partial charge in [-0.05, 0) is 63.8 Å². The van der Waals surface area contributed by atoms with Crippen LogP contribution in [0.5, 0.6) is 17.2 Å². The van der Waals surface area contributed by atoms with E-state index in [0.717, 1.165) is 45.3 Å². The van der Waals surface area contributed by atoms with Crippen LogP contribution in [0.25, 0.3) is 0 Å². The zero-order valence-corrected chi connectivity index (χ0v) is 22.5. The van der Waals surface area contributed by atoms with E-state index in [9.17, 15) is 13.5 Å². The Bertz CT molecular complexity index is 1020. The lowest BCUT2D eigenvalue weighted by atomic mass is 10.1. The molecule has 0 saturated carbocycles. The van der Waals surface area contributed by atoms with E-state index in [0.29, 0.717) is 29.4 Å². The number of rotatable bonds is 16. The van der Waals surface area contributed by atoms with E-state index in [1.165, 1.54) is 13.1 Å². The molecule has 0 heterocycles. The van der Waals surface area contributed by atoms with Gasteiger partial charge in [-0.25, -0.2) is 13.1 Å². The average molecular weight is 508 g/mol. The molecule has 0 amide bonds. The fraction of sp³-hybridized carbons (Fsp3) is 0.538. The molecule has 2 rings (SSSR count). The van der Waals surface area contributed by atoms with E-state index in [1.807, 2.05) is 37.2 Å². The summed E-state index contributed by atoms with van der Waals surface area (Å²) in [6.07, 6.45) is 3.92. The Hall–Kier alpha value is -2.33. The van der Waals surface area contributed by atoms with Gasteiger partial charge in [-0.1, -0.05) is 32.8 Å². The molecule has 9 heteroatoms. The number of nitrogens with zero attached hydrogens (tertiary/aromatic N) is 2. The van der Waals surface area contributed by atoms with Crippen molar-refractivity contribution in [2.24, 2.45) is 0 Å². The fourth-order valence-electron chi connectivity index (χ4n) is 3.52. The van der Waals surface area contributed by atoms with Gasteiger partial charge in [0.1, 0.15) is 23.0 Å². The SMILES string of the molecule is CCCCN(CCCC)c1cc(CO)cc(S(=O)(=O)NC)c1Oc1cccc(OCCN(C)C)c1. The number of aliphatic hydroxyl groups is 1. The molecule has 0 bridgehead atoms. The third-order valence-electron chi connectivity index (χ3n) is 5.57. The predicted molar refractivity (Wildman–Crippen MR) is 141 cm³/mol. The average Bonchev–Trinajstić information content (AvgIpc) is 2.84. The monoisotopic (exact) mass is 507 g/mol. The molecule has 0 aromatic heterocycles. The number of unbranched alkanes of at least 4 members (excludes halogenated alkanes) is 2. The normalized spacial score (nSPS) is 11.6.